The van der Waals surface area contributed by atoms with E-state index in [2.05, 4.69) is 10.6 Å². The molecule has 0 aliphatic carbocycles. The second-order valence-corrected chi connectivity index (χ2v) is 6.95. The molecule has 0 heterocycles. The van der Waals surface area contributed by atoms with Crippen molar-refractivity contribution in [3.05, 3.63) is 0 Å². The van der Waals surface area contributed by atoms with Gasteiger partial charge in [-0.25, -0.2) is 0 Å². The van der Waals surface area contributed by atoms with E-state index in [-0.39, 0.29) is 11.8 Å². The van der Waals surface area contributed by atoms with Crippen molar-refractivity contribution in [3.63, 3.8) is 0 Å². The van der Waals surface area contributed by atoms with Gasteiger partial charge < -0.3 is 16.4 Å². The first-order chi connectivity index (χ1) is 9.46. The Morgan fingerprint density at radius 2 is 1.76 bits per heavy atom. The van der Waals surface area contributed by atoms with Crippen LogP contribution in [0.15, 0.2) is 0 Å². The molecule has 6 nitrogen and oxygen atoms in total. The lowest BCUT2D eigenvalue weighted by Gasteiger charge is -2.35. The fourth-order valence-corrected chi connectivity index (χ4v) is 2.45. The Hall–Kier alpha value is -1.59. The van der Waals surface area contributed by atoms with Crippen molar-refractivity contribution in [1.82, 2.24) is 10.6 Å². The number of hydrogen-bond donors (Lipinski definition) is 3. The highest BCUT2D eigenvalue weighted by Crippen LogP contribution is 2.27. The highest BCUT2D eigenvalue weighted by molar-refractivity contribution is 5.85. The van der Waals surface area contributed by atoms with Crippen LogP contribution >= 0.6 is 0 Å². The van der Waals surface area contributed by atoms with Gasteiger partial charge in [-0.1, -0.05) is 34.1 Å². The van der Waals surface area contributed by atoms with Crippen molar-refractivity contribution in [2.24, 2.45) is 17.1 Å². The van der Waals surface area contributed by atoms with E-state index in [9.17, 15) is 14.4 Å². The van der Waals surface area contributed by atoms with Gasteiger partial charge in [0.05, 0.1) is 0 Å². The van der Waals surface area contributed by atoms with Crippen LogP contribution in [0.25, 0.3) is 0 Å². The maximum absolute atomic E-state index is 12.4. The molecule has 2 atom stereocenters. The van der Waals surface area contributed by atoms with E-state index in [0.29, 0.717) is 12.8 Å². The molecule has 0 radical (unpaired) electrons. The first-order valence-electron chi connectivity index (χ1n) is 7.28. The lowest BCUT2D eigenvalue weighted by Crippen LogP contribution is -2.55. The minimum absolute atomic E-state index is 0.0233. The summed E-state index contributed by atoms with van der Waals surface area (Å²) >= 11 is 0. The Morgan fingerprint density at radius 1 is 1.24 bits per heavy atom. The molecular weight excluding hydrogens is 270 g/mol. The Bertz CT molecular complexity index is 392. The van der Waals surface area contributed by atoms with Crippen LogP contribution in [0.5, 0.6) is 0 Å². The van der Waals surface area contributed by atoms with Gasteiger partial charge >= 0.3 is 0 Å². The van der Waals surface area contributed by atoms with Crippen molar-refractivity contribution in [3.8, 4) is 0 Å². The van der Waals surface area contributed by atoms with Gasteiger partial charge in [-0.2, -0.15) is 0 Å². The molecule has 0 aromatic carbocycles. The molecule has 0 bridgehead atoms. The highest BCUT2D eigenvalue weighted by atomic mass is 16.2. The van der Waals surface area contributed by atoms with Crippen LogP contribution in [-0.2, 0) is 14.4 Å². The molecule has 4 N–H and O–H groups in total. The van der Waals surface area contributed by atoms with E-state index in [1.165, 1.54) is 0 Å². The third-order valence-corrected chi connectivity index (χ3v) is 3.76. The molecular formula is C15H29N3O3. The molecule has 2 unspecified atom stereocenters. The first-order valence-corrected chi connectivity index (χ1v) is 7.28. The predicted octanol–water partition coefficient (Wildman–Crippen LogP) is 0.944. The van der Waals surface area contributed by atoms with E-state index in [4.69, 9.17) is 5.73 Å². The number of rotatable bonds is 9. The lowest BCUT2D eigenvalue weighted by molar-refractivity contribution is -0.131. The molecule has 0 fully saturated rings. The van der Waals surface area contributed by atoms with Crippen LogP contribution in [0.1, 0.15) is 54.4 Å². The van der Waals surface area contributed by atoms with Gasteiger partial charge in [-0.15, -0.1) is 0 Å². The van der Waals surface area contributed by atoms with Gasteiger partial charge in [0, 0.05) is 11.0 Å². The first kappa shape index (κ1) is 19.4. The van der Waals surface area contributed by atoms with Crippen molar-refractivity contribution < 1.29 is 14.4 Å². The SMILES string of the molecule is CCC(C)C(NC=O)C(=O)NC(C)(C)CC(C)(C)C(N)=O. The van der Waals surface area contributed by atoms with Gasteiger partial charge in [0.1, 0.15) is 6.04 Å². The number of primary amides is 1. The highest BCUT2D eigenvalue weighted by Gasteiger charge is 2.36. The van der Waals surface area contributed by atoms with Crippen LogP contribution in [0.2, 0.25) is 0 Å². The number of nitrogens with one attached hydrogen (secondary N) is 2. The summed E-state index contributed by atoms with van der Waals surface area (Å²) < 4.78 is 0. The smallest absolute Gasteiger partial charge is 0.243 e. The van der Waals surface area contributed by atoms with E-state index in [1.54, 1.807) is 13.8 Å². The zero-order valence-electron chi connectivity index (χ0n) is 13.9. The Labute approximate surface area is 127 Å². The average Bonchev–Trinajstić information content (AvgIpc) is 2.32. The number of nitrogens with two attached hydrogens (primary N) is 1. The molecule has 0 saturated heterocycles. The molecule has 6 heteroatoms. The molecule has 3 amide bonds. The molecule has 0 aliphatic heterocycles. The third-order valence-electron chi connectivity index (χ3n) is 3.76. The van der Waals surface area contributed by atoms with Crippen molar-refractivity contribution in [2.75, 3.05) is 0 Å². The van der Waals surface area contributed by atoms with Crippen LogP contribution in [0.3, 0.4) is 0 Å². The molecule has 0 aromatic heterocycles. The van der Waals surface area contributed by atoms with Gasteiger partial charge in [0.25, 0.3) is 0 Å². The van der Waals surface area contributed by atoms with Crippen molar-refractivity contribution in [1.29, 1.82) is 0 Å². The predicted molar refractivity (Wildman–Crippen MR) is 82.3 cm³/mol. The summed E-state index contributed by atoms with van der Waals surface area (Å²) in [6.07, 6.45) is 1.72. The van der Waals surface area contributed by atoms with E-state index < -0.39 is 22.9 Å². The van der Waals surface area contributed by atoms with Gasteiger partial charge in [-0.05, 0) is 26.2 Å². The molecule has 0 spiro atoms. The van der Waals surface area contributed by atoms with Crippen LogP contribution in [-0.4, -0.2) is 29.8 Å². The van der Waals surface area contributed by atoms with Crippen LogP contribution < -0.4 is 16.4 Å². The maximum atomic E-state index is 12.4. The van der Waals surface area contributed by atoms with Crippen LogP contribution in [0, 0.1) is 11.3 Å². The molecule has 0 rings (SSSR count). The maximum Gasteiger partial charge on any atom is 0.243 e. The average molecular weight is 299 g/mol. The van der Waals surface area contributed by atoms with Gasteiger partial charge in [-0.3, -0.25) is 14.4 Å². The van der Waals surface area contributed by atoms with Crippen LogP contribution in [0.4, 0.5) is 0 Å². The molecule has 0 saturated carbocycles. The number of carbonyl (C=O) groups is 3. The summed E-state index contributed by atoms with van der Waals surface area (Å²) in [7, 11) is 0. The van der Waals surface area contributed by atoms with E-state index >= 15 is 0 Å². The summed E-state index contributed by atoms with van der Waals surface area (Å²) in [6, 6.07) is -0.580. The molecule has 0 aromatic rings. The summed E-state index contributed by atoms with van der Waals surface area (Å²) in [4.78, 5) is 34.5. The Morgan fingerprint density at radius 3 is 2.14 bits per heavy atom. The minimum Gasteiger partial charge on any atom is -0.369 e. The Kier molecular flexibility index (Phi) is 6.86. The molecule has 21 heavy (non-hydrogen) atoms. The second kappa shape index (κ2) is 7.43. The fourth-order valence-electron chi connectivity index (χ4n) is 2.45. The number of hydrogen-bond acceptors (Lipinski definition) is 3. The minimum atomic E-state index is -0.721. The molecule has 0 aliphatic rings. The standard InChI is InChI=1S/C15H29N3O3/c1-7-10(2)11(17-9-19)12(20)18-15(5,6)8-14(3,4)13(16)21/h9-11H,7-8H2,1-6H3,(H2,16,21)(H,17,19)(H,18,20). The quantitative estimate of drug-likeness (QED) is 0.552. The summed E-state index contributed by atoms with van der Waals surface area (Å²) in [6.45, 7) is 11.0. The third kappa shape index (κ3) is 6.14. The number of carbonyl (C=O) groups excluding carboxylic acids is 3. The zero-order valence-corrected chi connectivity index (χ0v) is 13.9. The summed E-state index contributed by atoms with van der Waals surface area (Å²) in [5.41, 5.74) is 4.05. The second-order valence-electron chi connectivity index (χ2n) is 6.95. The van der Waals surface area contributed by atoms with Crippen molar-refractivity contribution in [2.45, 2.75) is 66.0 Å². The summed E-state index contributed by atoms with van der Waals surface area (Å²) in [5.74, 6) is -0.633. The largest absolute Gasteiger partial charge is 0.369 e. The Balaban J connectivity index is 4.94. The lowest BCUT2D eigenvalue weighted by atomic mass is 9.79. The topological polar surface area (TPSA) is 101 Å². The monoisotopic (exact) mass is 299 g/mol. The van der Waals surface area contributed by atoms with Gasteiger partial charge in [0.15, 0.2) is 0 Å². The van der Waals surface area contributed by atoms with E-state index in [0.717, 1.165) is 6.42 Å². The van der Waals surface area contributed by atoms with E-state index in [1.807, 2.05) is 27.7 Å². The number of amides is 3. The molecule has 122 valence electrons. The van der Waals surface area contributed by atoms with Crippen molar-refractivity contribution >= 4 is 18.2 Å². The normalized spacial score (nSPS) is 15.0. The van der Waals surface area contributed by atoms with Gasteiger partial charge in [0.2, 0.25) is 18.2 Å². The zero-order chi connectivity index (χ0) is 16.8. The summed E-state index contributed by atoms with van der Waals surface area (Å²) in [5, 5.41) is 5.46. The fraction of sp³-hybridized carbons (Fsp3) is 0.800.